The molecule has 1 heterocycles. The second-order valence-corrected chi connectivity index (χ2v) is 6.56. The van der Waals surface area contributed by atoms with E-state index < -0.39 is 0 Å². The van der Waals surface area contributed by atoms with Gasteiger partial charge in [0, 0.05) is 13.1 Å². The van der Waals surface area contributed by atoms with Crippen LogP contribution in [0.4, 0.5) is 5.69 Å². The van der Waals surface area contributed by atoms with E-state index in [0.717, 1.165) is 18.7 Å². The van der Waals surface area contributed by atoms with Gasteiger partial charge in [0.15, 0.2) is 0 Å². The molecule has 120 valence electrons. The summed E-state index contributed by atoms with van der Waals surface area (Å²) in [4.78, 5) is 16.7. The van der Waals surface area contributed by atoms with Gasteiger partial charge in [0.2, 0.25) is 5.91 Å². The normalized spacial score (nSPS) is 18.0. The molecule has 0 aromatic heterocycles. The second kappa shape index (κ2) is 6.73. The van der Waals surface area contributed by atoms with Crippen LogP contribution in [0.5, 0.6) is 0 Å². The van der Waals surface area contributed by atoms with Crippen LogP contribution in [0.3, 0.4) is 0 Å². The summed E-state index contributed by atoms with van der Waals surface area (Å²) in [6, 6.07) is 15.9. The van der Waals surface area contributed by atoms with Gasteiger partial charge in [-0.1, -0.05) is 53.6 Å². The Hall–Kier alpha value is -1.84. The zero-order valence-electron chi connectivity index (χ0n) is 13.5. The summed E-state index contributed by atoms with van der Waals surface area (Å²) >= 11 is 6.24. The minimum atomic E-state index is -0.0909. The van der Waals surface area contributed by atoms with Crippen molar-refractivity contribution in [1.29, 1.82) is 0 Å². The van der Waals surface area contributed by atoms with Crippen molar-refractivity contribution in [2.24, 2.45) is 0 Å². The van der Waals surface area contributed by atoms with E-state index in [0.29, 0.717) is 11.6 Å². The van der Waals surface area contributed by atoms with Crippen molar-refractivity contribution in [3.63, 3.8) is 0 Å². The fourth-order valence-electron chi connectivity index (χ4n) is 3.19. The van der Waals surface area contributed by atoms with E-state index in [2.05, 4.69) is 36.1 Å². The minimum absolute atomic E-state index is 0.0909. The number of likely N-dealkylation sites (N-methyl/N-ethyl adjacent to an activating group) is 1. The Morgan fingerprint density at radius 2 is 2.00 bits per heavy atom. The van der Waals surface area contributed by atoms with Crippen molar-refractivity contribution in [2.75, 3.05) is 18.5 Å². The van der Waals surface area contributed by atoms with Crippen LogP contribution >= 0.6 is 11.6 Å². The number of nitrogens with zero attached hydrogens (tertiary/aromatic N) is 2. The van der Waals surface area contributed by atoms with Crippen LogP contribution in [0.15, 0.2) is 48.5 Å². The van der Waals surface area contributed by atoms with Gasteiger partial charge in [-0.25, -0.2) is 0 Å². The molecule has 1 fully saturated rings. The fourth-order valence-corrected chi connectivity index (χ4v) is 3.43. The molecule has 2 aromatic carbocycles. The van der Waals surface area contributed by atoms with Gasteiger partial charge in [0.05, 0.1) is 16.8 Å². The van der Waals surface area contributed by atoms with Crippen LogP contribution in [-0.4, -0.2) is 30.4 Å². The maximum absolute atomic E-state index is 12.8. The van der Waals surface area contributed by atoms with Gasteiger partial charge >= 0.3 is 0 Å². The molecule has 1 saturated heterocycles. The molecule has 2 aromatic rings. The third-order valence-electron chi connectivity index (χ3n) is 4.37. The van der Waals surface area contributed by atoms with Crippen LogP contribution in [-0.2, 0) is 11.3 Å². The number of para-hydroxylation sites is 1. The van der Waals surface area contributed by atoms with Crippen molar-refractivity contribution in [3.8, 4) is 0 Å². The number of amides is 1. The number of carbonyl (C=O) groups excluding carboxylic acids is 1. The highest BCUT2D eigenvalue weighted by Crippen LogP contribution is 2.30. The lowest BCUT2D eigenvalue weighted by Crippen LogP contribution is -2.39. The van der Waals surface area contributed by atoms with Crippen LogP contribution in [0.1, 0.15) is 17.5 Å². The molecular formula is C19H21ClN2O. The van der Waals surface area contributed by atoms with E-state index in [1.807, 2.05) is 31.3 Å². The number of carbonyl (C=O) groups is 1. The fraction of sp³-hybridized carbons (Fsp3) is 0.316. The number of hydrogen-bond acceptors (Lipinski definition) is 2. The smallest absolute Gasteiger partial charge is 0.244 e. The van der Waals surface area contributed by atoms with E-state index in [4.69, 9.17) is 11.6 Å². The van der Waals surface area contributed by atoms with E-state index in [1.165, 1.54) is 11.1 Å². The average molecular weight is 329 g/mol. The average Bonchev–Trinajstić information content (AvgIpc) is 2.89. The first-order chi connectivity index (χ1) is 11.1. The van der Waals surface area contributed by atoms with Gasteiger partial charge in [-0.2, -0.15) is 0 Å². The van der Waals surface area contributed by atoms with E-state index in [1.54, 1.807) is 4.90 Å². The number of aryl methyl sites for hydroxylation is 1. The molecular weight excluding hydrogens is 308 g/mol. The lowest BCUT2D eigenvalue weighted by Gasteiger charge is -2.24. The highest BCUT2D eigenvalue weighted by molar-refractivity contribution is 6.33. The molecule has 0 bridgehead atoms. The highest BCUT2D eigenvalue weighted by atomic mass is 35.5. The number of rotatable bonds is 4. The number of anilines is 1. The molecule has 3 rings (SSSR count). The quantitative estimate of drug-likeness (QED) is 0.850. The monoisotopic (exact) mass is 328 g/mol. The summed E-state index contributed by atoms with van der Waals surface area (Å²) in [5.74, 6) is 0.133. The molecule has 0 aliphatic carbocycles. The van der Waals surface area contributed by atoms with Crippen LogP contribution in [0, 0.1) is 6.92 Å². The molecule has 1 aliphatic rings. The van der Waals surface area contributed by atoms with Gasteiger partial charge in [-0.05, 0) is 38.1 Å². The molecule has 0 saturated carbocycles. The van der Waals surface area contributed by atoms with Crippen molar-refractivity contribution in [2.45, 2.75) is 25.9 Å². The van der Waals surface area contributed by atoms with Crippen molar-refractivity contribution < 1.29 is 4.79 Å². The second-order valence-electron chi connectivity index (χ2n) is 6.15. The maximum Gasteiger partial charge on any atom is 0.244 e. The first-order valence-electron chi connectivity index (χ1n) is 7.88. The Bertz CT molecular complexity index is 716. The Labute approximate surface area is 142 Å². The lowest BCUT2D eigenvalue weighted by molar-refractivity contribution is -0.121. The van der Waals surface area contributed by atoms with Crippen LogP contribution in [0.25, 0.3) is 0 Å². The summed E-state index contributed by atoms with van der Waals surface area (Å²) in [5, 5.41) is 0.628. The largest absolute Gasteiger partial charge is 0.310 e. The summed E-state index contributed by atoms with van der Waals surface area (Å²) in [6.45, 7) is 3.57. The predicted octanol–water partition coefficient (Wildman–Crippen LogP) is 3.89. The van der Waals surface area contributed by atoms with Gasteiger partial charge in [-0.3, -0.25) is 9.69 Å². The van der Waals surface area contributed by atoms with E-state index in [-0.39, 0.29) is 11.9 Å². The Kier molecular flexibility index (Phi) is 4.69. The molecule has 1 unspecified atom stereocenters. The van der Waals surface area contributed by atoms with Gasteiger partial charge in [-0.15, -0.1) is 0 Å². The molecule has 1 aliphatic heterocycles. The van der Waals surface area contributed by atoms with Crippen molar-refractivity contribution in [1.82, 2.24) is 4.90 Å². The van der Waals surface area contributed by atoms with Crippen LogP contribution in [0.2, 0.25) is 5.02 Å². The summed E-state index contributed by atoms with van der Waals surface area (Å²) in [7, 11) is 2.01. The molecule has 4 heteroatoms. The maximum atomic E-state index is 12.8. The minimum Gasteiger partial charge on any atom is -0.310 e. The van der Waals surface area contributed by atoms with Gasteiger partial charge in [0.1, 0.15) is 0 Å². The molecule has 3 nitrogen and oxygen atoms in total. The Morgan fingerprint density at radius 1 is 1.22 bits per heavy atom. The van der Waals surface area contributed by atoms with Crippen molar-refractivity contribution >= 4 is 23.2 Å². The Balaban J connectivity index is 1.72. The molecule has 1 atom stereocenters. The number of halogens is 1. The molecule has 0 spiro atoms. The molecule has 0 radical (unpaired) electrons. The predicted molar refractivity (Wildman–Crippen MR) is 94.9 cm³/mol. The van der Waals surface area contributed by atoms with E-state index >= 15 is 0 Å². The zero-order chi connectivity index (χ0) is 16.4. The zero-order valence-corrected chi connectivity index (χ0v) is 14.3. The third-order valence-corrected chi connectivity index (χ3v) is 4.69. The first kappa shape index (κ1) is 16.0. The standard InChI is InChI=1S/C19H21ClN2O/c1-14-6-5-7-15(12-14)13-21(2)18-10-11-22(19(18)23)17-9-4-3-8-16(17)20/h3-9,12,18H,10-11,13H2,1-2H3. The highest BCUT2D eigenvalue weighted by Gasteiger charge is 2.35. The Morgan fingerprint density at radius 3 is 2.74 bits per heavy atom. The summed E-state index contributed by atoms with van der Waals surface area (Å²) < 4.78 is 0. The van der Waals surface area contributed by atoms with Crippen molar-refractivity contribution in [3.05, 3.63) is 64.7 Å². The molecule has 23 heavy (non-hydrogen) atoms. The molecule has 0 N–H and O–H groups in total. The lowest BCUT2D eigenvalue weighted by atomic mass is 10.1. The summed E-state index contributed by atoms with van der Waals surface area (Å²) in [6.07, 6.45) is 0.826. The van der Waals surface area contributed by atoms with Crippen LogP contribution < -0.4 is 4.90 Å². The number of hydrogen-bond donors (Lipinski definition) is 0. The SMILES string of the molecule is Cc1cccc(CN(C)C2CCN(c3ccccc3Cl)C2=O)c1. The summed E-state index contributed by atoms with van der Waals surface area (Å²) in [5.41, 5.74) is 3.29. The van der Waals surface area contributed by atoms with Gasteiger partial charge < -0.3 is 4.90 Å². The van der Waals surface area contributed by atoms with Gasteiger partial charge in [0.25, 0.3) is 0 Å². The molecule has 1 amide bonds. The topological polar surface area (TPSA) is 23.6 Å². The van der Waals surface area contributed by atoms with E-state index in [9.17, 15) is 4.79 Å². The first-order valence-corrected chi connectivity index (χ1v) is 8.26. The number of benzene rings is 2. The third kappa shape index (κ3) is 3.41.